The van der Waals surface area contributed by atoms with Crippen LogP contribution in [-0.2, 0) is 0 Å². The number of hydrogen-bond donors (Lipinski definition) is 0. The summed E-state index contributed by atoms with van der Waals surface area (Å²) in [6.07, 6.45) is 20.3. The van der Waals surface area contributed by atoms with E-state index in [1.807, 2.05) is 6.07 Å². The molecule has 0 heterocycles. The predicted molar refractivity (Wildman–Crippen MR) is 133 cm³/mol. The molecule has 0 N–H and O–H groups in total. The predicted octanol–water partition coefficient (Wildman–Crippen LogP) is 9.10. The SMILES string of the molecule is CCCCCCCCCCOc1cc(OCCCCCCCCCC)cc(C(=O)Cl)c1. The van der Waals surface area contributed by atoms with Crippen LogP contribution in [0.1, 0.15) is 127 Å². The van der Waals surface area contributed by atoms with Crippen LogP contribution in [0.4, 0.5) is 0 Å². The van der Waals surface area contributed by atoms with Gasteiger partial charge >= 0.3 is 0 Å². The number of carbonyl (C=O) groups excluding carboxylic acids is 1. The third-order valence-corrected chi connectivity index (χ3v) is 5.86. The fraction of sp³-hybridized carbons (Fsp3) is 0.741. The molecule has 0 amide bonds. The van der Waals surface area contributed by atoms with Crippen LogP contribution >= 0.6 is 11.6 Å². The van der Waals surface area contributed by atoms with Crippen molar-refractivity contribution in [3.8, 4) is 11.5 Å². The highest BCUT2D eigenvalue weighted by Crippen LogP contribution is 2.25. The van der Waals surface area contributed by atoms with Crippen LogP contribution < -0.4 is 9.47 Å². The number of rotatable bonds is 21. The summed E-state index contributed by atoms with van der Waals surface area (Å²) < 4.78 is 11.8. The van der Waals surface area contributed by atoms with Crippen LogP contribution in [0.5, 0.6) is 11.5 Å². The molecular formula is C27H45ClO3. The Labute approximate surface area is 196 Å². The van der Waals surface area contributed by atoms with E-state index in [1.165, 1.54) is 89.9 Å². The molecule has 0 unspecified atom stereocenters. The Morgan fingerprint density at radius 1 is 0.613 bits per heavy atom. The van der Waals surface area contributed by atoms with Crippen LogP contribution in [0, 0.1) is 0 Å². The zero-order chi connectivity index (χ0) is 22.6. The second-order valence-electron chi connectivity index (χ2n) is 8.61. The molecule has 1 aromatic rings. The Morgan fingerprint density at radius 2 is 0.968 bits per heavy atom. The topological polar surface area (TPSA) is 35.5 Å². The molecule has 1 aromatic carbocycles. The van der Waals surface area contributed by atoms with E-state index in [2.05, 4.69) is 13.8 Å². The van der Waals surface area contributed by atoms with E-state index >= 15 is 0 Å². The Morgan fingerprint density at radius 3 is 1.32 bits per heavy atom. The Bertz CT molecular complexity index is 533. The zero-order valence-corrected chi connectivity index (χ0v) is 20.8. The Balaban J connectivity index is 2.26. The minimum Gasteiger partial charge on any atom is -0.493 e. The van der Waals surface area contributed by atoms with Gasteiger partial charge in [0.1, 0.15) is 11.5 Å². The highest BCUT2D eigenvalue weighted by atomic mass is 35.5. The highest BCUT2D eigenvalue weighted by molar-refractivity contribution is 6.67. The Hall–Kier alpha value is -1.22. The minimum atomic E-state index is -0.477. The maximum absolute atomic E-state index is 11.7. The van der Waals surface area contributed by atoms with E-state index in [0.29, 0.717) is 30.3 Å². The summed E-state index contributed by atoms with van der Waals surface area (Å²) in [7, 11) is 0. The second-order valence-corrected chi connectivity index (χ2v) is 8.96. The number of halogens is 1. The number of ether oxygens (including phenoxy) is 2. The fourth-order valence-electron chi connectivity index (χ4n) is 3.70. The van der Waals surface area contributed by atoms with Gasteiger partial charge in [-0.3, -0.25) is 4.79 Å². The molecule has 0 bridgehead atoms. The first-order chi connectivity index (χ1) is 15.2. The lowest BCUT2D eigenvalue weighted by atomic mass is 10.1. The molecule has 0 fully saturated rings. The van der Waals surface area contributed by atoms with Gasteiger partial charge in [0, 0.05) is 11.6 Å². The van der Waals surface area contributed by atoms with E-state index in [4.69, 9.17) is 21.1 Å². The summed E-state index contributed by atoms with van der Waals surface area (Å²) in [4.78, 5) is 11.7. The summed E-state index contributed by atoms with van der Waals surface area (Å²) in [6.45, 7) is 5.81. The molecule has 178 valence electrons. The van der Waals surface area contributed by atoms with Crippen molar-refractivity contribution in [1.82, 2.24) is 0 Å². The van der Waals surface area contributed by atoms with Crippen molar-refractivity contribution in [2.24, 2.45) is 0 Å². The summed E-state index contributed by atoms with van der Waals surface area (Å²) >= 11 is 5.71. The first-order valence-corrected chi connectivity index (χ1v) is 13.2. The van der Waals surface area contributed by atoms with Crippen molar-refractivity contribution in [1.29, 1.82) is 0 Å². The number of unbranched alkanes of at least 4 members (excludes halogenated alkanes) is 14. The first kappa shape index (κ1) is 27.8. The number of carbonyl (C=O) groups is 1. The molecule has 0 spiro atoms. The van der Waals surface area contributed by atoms with Gasteiger partial charge < -0.3 is 9.47 Å². The molecule has 0 aliphatic carbocycles. The molecule has 0 aromatic heterocycles. The lowest BCUT2D eigenvalue weighted by Crippen LogP contribution is -2.02. The zero-order valence-electron chi connectivity index (χ0n) is 20.1. The van der Waals surface area contributed by atoms with Gasteiger partial charge in [0.2, 0.25) is 0 Å². The van der Waals surface area contributed by atoms with Crippen molar-refractivity contribution >= 4 is 16.8 Å². The highest BCUT2D eigenvalue weighted by Gasteiger charge is 2.08. The fourth-order valence-corrected chi connectivity index (χ4v) is 3.81. The largest absolute Gasteiger partial charge is 0.493 e. The van der Waals surface area contributed by atoms with Crippen LogP contribution in [-0.4, -0.2) is 18.5 Å². The summed E-state index contributed by atoms with van der Waals surface area (Å²) in [5.74, 6) is 1.33. The number of hydrogen-bond acceptors (Lipinski definition) is 3. The molecule has 4 heteroatoms. The molecular weight excluding hydrogens is 408 g/mol. The third-order valence-electron chi connectivity index (χ3n) is 5.64. The van der Waals surface area contributed by atoms with E-state index in [0.717, 1.165) is 12.8 Å². The standard InChI is InChI=1S/C27H45ClO3/c1-3-5-7-9-11-13-15-17-19-30-25-21-24(27(28)29)22-26(23-25)31-20-18-16-14-12-10-8-6-4-2/h21-23H,3-20H2,1-2H3. The maximum Gasteiger partial charge on any atom is 0.252 e. The first-order valence-electron chi connectivity index (χ1n) is 12.8. The molecule has 3 nitrogen and oxygen atoms in total. The molecule has 31 heavy (non-hydrogen) atoms. The molecule has 0 saturated heterocycles. The lowest BCUT2D eigenvalue weighted by Gasteiger charge is -2.11. The van der Waals surface area contributed by atoms with E-state index in [1.54, 1.807) is 12.1 Å². The van der Waals surface area contributed by atoms with Gasteiger partial charge in [0.15, 0.2) is 0 Å². The maximum atomic E-state index is 11.7. The number of benzene rings is 1. The summed E-state index contributed by atoms with van der Waals surface area (Å²) in [6, 6.07) is 5.30. The molecule has 0 radical (unpaired) electrons. The average Bonchev–Trinajstić information content (AvgIpc) is 2.76. The normalized spacial score (nSPS) is 10.9. The van der Waals surface area contributed by atoms with E-state index in [-0.39, 0.29) is 0 Å². The van der Waals surface area contributed by atoms with Gasteiger partial charge in [-0.25, -0.2) is 0 Å². The quantitative estimate of drug-likeness (QED) is 0.138. The van der Waals surface area contributed by atoms with Crippen LogP contribution in [0.25, 0.3) is 0 Å². The van der Waals surface area contributed by atoms with Gasteiger partial charge in [-0.1, -0.05) is 104 Å². The Kier molecular flexibility index (Phi) is 17.5. The van der Waals surface area contributed by atoms with Gasteiger partial charge in [-0.05, 0) is 36.6 Å². The molecule has 0 aliphatic rings. The van der Waals surface area contributed by atoms with Crippen LogP contribution in [0.2, 0.25) is 0 Å². The minimum absolute atomic E-state index is 0.431. The van der Waals surface area contributed by atoms with Crippen LogP contribution in [0.3, 0.4) is 0 Å². The average molecular weight is 453 g/mol. The molecule has 1 rings (SSSR count). The van der Waals surface area contributed by atoms with Gasteiger partial charge in [0.05, 0.1) is 13.2 Å². The van der Waals surface area contributed by atoms with E-state index in [9.17, 15) is 4.79 Å². The molecule has 0 atom stereocenters. The third kappa shape index (κ3) is 15.3. The molecule has 0 aliphatic heterocycles. The summed E-state index contributed by atoms with van der Waals surface area (Å²) in [5, 5.41) is -0.477. The van der Waals surface area contributed by atoms with Gasteiger partial charge in [-0.15, -0.1) is 0 Å². The van der Waals surface area contributed by atoms with Gasteiger partial charge in [-0.2, -0.15) is 0 Å². The lowest BCUT2D eigenvalue weighted by molar-refractivity contribution is 0.108. The van der Waals surface area contributed by atoms with Crippen molar-refractivity contribution in [2.75, 3.05) is 13.2 Å². The van der Waals surface area contributed by atoms with Crippen molar-refractivity contribution < 1.29 is 14.3 Å². The molecule has 0 saturated carbocycles. The second kappa shape index (κ2) is 19.5. The van der Waals surface area contributed by atoms with Crippen molar-refractivity contribution in [3.05, 3.63) is 23.8 Å². The van der Waals surface area contributed by atoms with Gasteiger partial charge in [0.25, 0.3) is 5.24 Å². The van der Waals surface area contributed by atoms with Crippen molar-refractivity contribution in [2.45, 2.75) is 117 Å². The smallest absolute Gasteiger partial charge is 0.252 e. The van der Waals surface area contributed by atoms with E-state index < -0.39 is 5.24 Å². The van der Waals surface area contributed by atoms with Crippen molar-refractivity contribution in [3.63, 3.8) is 0 Å². The van der Waals surface area contributed by atoms with Crippen LogP contribution in [0.15, 0.2) is 18.2 Å². The monoisotopic (exact) mass is 452 g/mol. The summed E-state index contributed by atoms with van der Waals surface area (Å²) in [5.41, 5.74) is 0.431.